The second kappa shape index (κ2) is 7.25. The number of hydrogen-bond acceptors (Lipinski definition) is 4. The molecule has 0 aliphatic carbocycles. The largest absolute Gasteiger partial charge is 0.449 e. The van der Waals surface area contributed by atoms with Gasteiger partial charge in [-0.1, -0.05) is 41.9 Å². The summed E-state index contributed by atoms with van der Waals surface area (Å²) in [6.07, 6.45) is 1.08. The van der Waals surface area contributed by atoms with Crippen LogP contribution in [0.15, 0.2) is 46.9 Å². The van der Waals surface area contributed by atoms with Gasteiger partial charge in [-0.25, -0.2) is 8.42 Å². The lowest BCUT2D eigenvalue weighted by Gasteiger charge is -2.18. The average Bonchev–Trinajstić information content (AvgIpc) is 2.92. The fourth-order valence-corrected chi connectivity index (χ4v) is 3.73. The Balaban J connectivity index is 1.89. The highest BCUT2D eigenvalue weighted by Crippen LogP contribution is 2.31. The van der Waals surface area contributed by atoms with E-state index >= 15 is 0 Å². The molecule has 1 unspecified atom stereocenters. The maximum Gasteiger partial charge on any atom is 0.287 e. The smallest absolute Gasteiger partial charge is 0.287 e. The number of sulfonamides is 1. The monoisotopic (exact) mass is 406 g/mol. The van der Waals surface area contributed by atoms with Crippen LogP contribution < -0.4 is 10.0 Å². The van der Waals surface area contributed by atoms with Crippen LogP contribution in [0, 0.1) is 6.92 Å². The molecule has 8 heteroatoms. The third-order valence-electron chi connectivity index (χ3n) is 4.19. The fourth-order valence-electron chi connectivity index (χ4n) is 2.93. The molecule has 1 heterocycles. The van der Waals surface area contributed by atoms with E-state index in [0.717, 1.165) is 11.6 Å². The predicted octanol–water partition coefficient (Wildman–Crippen LogP) is 4.26. The Kier molecular flexibility index (Phi) is 5.17. The first-order chi connectivity index (χ1) is 12.7. The molecule has 0 fully saturated rings. The molecule has 1 atom stereocenters. The summed E-state index contributed by atoms with van der Waals surface area (Å²) in [6.45, 7) is 3.56. The van der Waals surface area contributed by atoms with E-state index in [9.17, 15) is 13.2 Å². The minimum Gasteiger partial charge on any atom is -0.449 e. The Hall–Kier alpha value is -2.51. The highest BCUT2D eigenvalue weighted by atomic mass is 35.5. The number of benzene rings is 2. The molecule has 0 radical (unpaired) electrons. The van der Waals surface area contributed by atoms with E-state index in [1.165, 1.54) is 0 Å². The van der Waals surface area contributed by atoms with Gasteiger partial charge in [0, 0.05) is 10.9 Å². The Morgan fingerprint density at radius 3 is 2.52 bits per heavy atom. The van der Waals surface area contributed by atoms with E-state index in [1.54, 1.807) is 50.2 Å². The van der Waals surface area contributed by atoms with Crippen LogP contribution in [-0.2, 0) is 10.0 Å². The van der Waals surface area contributed by atoms with Crippen molar-refractivity contribution in [3.63, 3.8) is 0 Å². The number of rotatable bonds is 5. The number of carbonyl (C=O) groups is 1. The number of hydrogen-bond donors (Lipinski definition) is 2. The second-order valence-electron chi connectivity index (χ2n) is 6.33. The summed E-state index contributed by atoms with van der Waals surface area (Å²) in [7, 11) is -3.44. The average molecular weight is 407 g/mol. The van der Waals surface area contributed by atoms with Gasteiger partial charge in [0.1, 0.15) is 0 Å². The van der Waals surface area contributed by atoms with Crippen LogP contribution in [-0.4, -0.2) is 20.6 Å². The molecule has 0 saturated heterocycles. The van der Waals surface area contributed by atoms with E-state index in [1.807, 2.05) is 6.07 Å². The van der Waals surface area contributed by atoms with E-state index in [0.29, 0.717) is 27.4 Å². The molecular weight excluding hydrogens is 388 g/mol. The Bertz CT molecular complexity index is 1120. The highest BCUT2D eigenvalue weighted by Gasteiger charge is 2.22. The maximum atomic E-state index is 12.7. The standard InChI is InChI=1S/C19H19ClN2O4S/c1-11-13-8-6-9-15(20)18(13)26-17(11)19(23)21-12(2)14-7-4-5-10-16(14)22-27(3,24)25/h4-10,12,22H,1-3H3,(H,21,23). The van der Waals surface area contributed by atoms with Gasteiger partial charge in [-0.15, -0.1) is 0 Å². The number of nitrogens with one attached hydrogen (secondary N) is 2. The number of carbonyl (C=O) groups excluding carboxylic acids is 1. The molecule has 0 aliphatic heterocycles. The molecule has 3 rings (SSSR count). The van der Waals surface area contributed by atoms with Crippen molar-refractivity contribution in [3.8, 4) is 0 Å². The van der Waals surface area contributed by atoms with Gasteiger partial charge in [0.05, 0.1) is 23.0 Å². The summed E-state index contributed by atoms with van der Waals surface area (Å²) in [5.41, 5.74) is 2.22. The summed E-state index contributed by atoms with van der Waals surface area (Å²) >= 11 is 6.14. The van der Waals surface area contributed by atoms with Gasteiger partial charge < -0.3 is 9.73 Å². The third kappa shape index (κ3) is 4.09. The zero-order valence-electron chi connectivity index (χ0n) is 15.0. The molecular formula is C19H19ClN2O4S. The number of anilines is 1. The van der Waals surface area contributed by atoms with Crippen molar-refractivity contribution in [1.82, 2.24) is 5.32 Å². The second-order valence-corrected chi connectivity index (χ2v) is 8.48. The van der Waals surface area contributed by atoms with E-state index in [4.69, 9.17) is 16.0 Å². The van der Waals surface area contributed by atoms with Crippen molar-refractivity contribution in [2.45, 2.75) is 19.9 Å². The summed E-state index contributed by atoms with van der Waals surface area (Å²) in [6, 6.07) is 11.8. The molecule has 1 amide bonds. The lowest BCUT2D eigenvalue weighted by molar-refractivity contribution is 0.0913. The Morgan fingerprint density at radius 2 is 1.85 bits per heavy atom. The first-order valence-corrected chi connectivity index (χ1v) is 10.5. The number of aryl methyl sites for hydroxylation is 1. The maximum absolute atomic E-state index is 12.7. The van der Waals surface area contributed by atoms with Crippen molar-refractivity contribution in [3.05, 3.63) is 64.4 Å². The van der Waals surface area contributed by atoms with Crippen LogP contribution in [0.3, 0.4) is 0 Å². The molecule has 1 aromatic heterocycles. The van der Waals surface area contributed by atoms with Crippen LogP contribution in [0.5, 0.6) is 0 Å². The van der Waals surface area contributed by atoms with Gasteiger partial charge in [0.15, 0.2) is 11.3 Å². The fraction of sp³-hybridized carbons (Fsp3) is 0.211. The molecule has 0 saturated carbocycles. The van der Waals surface area contributed by atoms with Gasteiger partial charge in [-0.2, -0.15) is 0 Å². The summed E-state index contributed by atoms with van der Waals surface area (Å²) in [4.78, 5) is 12.7. The highest BCUT2D eigenvalue weighted by molar-refractivity contribution is 7.92. The number of amides is 1. The van der Waals surface area contributed by atoms with Gasteiger partial charge in [-0.05, 0) is 31.5 Å². The topological polar surface area (TPSA) is 88.4 Å². The minimum absolute atomic E-state index is 0.179. The zero-order chi connectivity index (χ0) is 19.8. The van der Waals surface area contributed by atoms with E-state index in [-0.39, 0.29) is 5.76 Å². The summed E-state index contributed by atoms with van der Waals surface area (Å²) < 4.78 is 31.3. The van der Waals surface area contributed by atoms with Crippen LogP contribution in [0.4, 0.5) is 5.69 Å². The third-order valence-corrected chi connectivity index (χ3v) is 5.08. The lowest BCUT2D eigenvalue weighted by atomic mass is 10.1. The van der Waals surface area contributed by atoms with Gasteiger partial charge in [0.2, 0.25) is 10.0 Å². The first-order valence-electron chi connectivity index (χ1n) is 8.22. The molecule has 27 heavy (non-hydrogen) atoms. The van der Waals surface area contributed by atoms with Gasteiger partial charge >= 0.3 is 0 Å². The molecule has 2 N–H and O–H groups in total. The number of halogens is 1. The molecule has 6 nitrogen and oxygen atoms in total. The zero-order valence-corrected chi connectivity index (χ0v) is 16.6. The molecule has 0 bridgehead atoms. The van der Waals surface area contributed by atoms with Crippen LogP contribution in [0.2, 0.25) is 5.02 Å². The van der Waals surface area contributed by atoms with Gasteiger partial charge in [-0.3, -0.25) is 9.52 Å². The van der Waals surface area contributed by atoms with Crippen molar-refractivity contribution in [2.75, 3.05) is 11.0 Å². The SMILES string of the molecule is Cc1c(C(=O)NC(C)c2ccccc2NS(C)(=O)=O)oc2c(Cl)cccc12. The Morgan fingerprint density at radius 1 is 1.15 bits per heavy atom. The molecule has 0 aliphatic rings. The van der Waals surface area contributed by atoms with Gasteiger partial charge in [0.25, 0.3) is 5.91 Å². The predicted molar refractivity (Wildman–Crippen MR) is 107 cm³/mol. The molecule has 2 aromatic carbocycles. The molecule has 142 valence electrons. The Labute approximate surface area is 162 Å². The first kappa shape index (κ1) is 19.3. The van der Waals surface area contributed by atoms with Crippen LogP contribution >= 0.6 is 11.6 Å². The number of para-hydroxylation sites is 2. The molecule has 0 spiro atoms. The molecule has 3 aromatic rings. The van der Waals surface area contributed by atoms with E-state index in [2.05, 4.69) is 10.0 Å². The van der Waals surface area contributed by atoms with Crippen molar-refractivity contribution < 1.29 is 17.6 Å². The van der Waals surface area contributed by atoms with Crippen LogP contribution in [0.1, 0.15) is 34.6 Å². The van der Waals surface area contributed by atoms with Crippen molar-refractivity contribution >= 4 is 44.2 Å². The number of furan rings is 1. The van der Waals surface area contributed by atoms with Crippen LogP contribution in [0.25, 0.3) is 11.0 Å². The quantitative estimate of drug-likeness (QED) is 0.662. The summed E-state index contributed by atoms with van der Waals surface area (Å²) in [5, 5.41) is 4.06. The minimum atomic E-state index is -3.44. The number of fused-ring (bicyclic) bond motifs is 1. The normalized spacial score (nSPS) is 12.7. The lowest BCUT2D eigenvalue weighted by Crippen LogP contribution is -2.27. The van der Waals surface area contributed by atoms with E-state index < -0.39 is 22.0 Å². The summed E-state index contributed by atoms with van der Waals surface area (Å²) in [5.74, 6) is -0.222. The van der Waals surface area contributed by atoms with Crippen molar-refractivity contribution in [2.24, 2.45) is 0 Å². The van der Waals surface area contributed by atoms with Crippen molar-refractivity contribution in [1.29, 1.82) is 0 Å².